The SMILES string of the molecule is C[N+](C)(C)c1ccc(C(=O)O)cc1C#N.O=S(=O)([O-])C(F)(F)F. The predicted octanol–water partition coefficient (Wildman–Crippen LogP) is 1.50. The van der Waals surface area contributed by atoms with Crippen LogP contribution in [0.1, 0.15) is 15.9 Å². The zero-order valence-corrected chi connectivity index (χ0v) is 13.1. The van der Waals surface area contributed by atoms with E-state index in [0.29, 0.717) is 10.0 Å². The molecule has 0 aliphatic heterocycles. The number of quaternary nitrogens is 1. The molecule has 11 heteroatoms. The molecule has 0 amide bonds. The Morgan fingerprint density at radius 1 is 1.30 bits per heavy atom. The first-order chi connectivity index (χ1) is 10.1. The van der Waals surface area contributed by atoms with E-state index in [1.165, 1.54) is 12.1 Å². The highest BCUT2D eigenvalue weighted by atomic mass is 32.2. The van der Waals surface area contributed by atoms with Gasteiger partial charge in [-0.05, 0) is 12.1 Å². The fourth-order valence-corrected chi connectivity index (χ4v) is 1.34. The lowest BCUT2D eigenvalue weighted by Gasteiger charge is -2.24. The highest BCUT2D eigenvalue weighted by Crippen LogP contribution is 2.23. The zero-order chi connectivity index (χ0) is 18.6. The summed E-state index contributed by atoms with van der Waals surface area (Å²) in [6, 6.07) is 6.62. The van der Waals surface area contributed by atoms with Crippen LogP contribution in [0.25, 0.3) is 0 Å². The van der Waals surface area contributed by atoms with Crippen molar-refractivity contribution in [3.8, 4) is 6.07 Å². The summed E-state index contributed by atoms with van der Waals surface area (Å²) in [7, 11) is -0.309. The molecule has 0 saturated carbocycles. The summed E-state index contributed by atoms with van der Waals surface area (Å²) in [5.74, 6) is -1.01. The van der Waals surface area contributed by atoms with Crippen LogP contribution in [0.15, 0.2) is 18.2 Å². The molecule has 0 unspecified atom stereocenters. The quantitative estimate of drug-likeness (QED) is 0.488. The number of nitriles is 1. The number of rotatable bonds is 2. The number of hydrogen-bond acceptors (Lipinski definition) is 5. The van der Waals surface area contributed by atoms with Gasteiger partial charge in [0.25, 0.3) is 0 Å². The molecule has 0 aliphatic carbocycles. The normalized spacial score (nSPS) is 11.9. The van der Waals surface area contributed by atoms with E-state index in [-0.39, 0.29) is 5.56 Å². The number of nitrogens with zero attached hydrogens (tertiary/aromatic N) is 2. The Kier molecular flexibility index (Phi) is 6.29. The summed E-state index contributed by atoms with van der Waals surface area (Å²) in [4.78, 5) is 10.7. The minimum absolute atomic E-state index is 0.142. The molecule has 23 heavy (non-hydrogen) atoms. The minimum Gasteiger partial charge on any atom is -0.741 e. The van der Waals surface area contributed by atoms with Crippen LogP contribution in [0.3, 0.4) is 0 Å². The third-order valence-electron chi connectivity index (χ3n) is 2.37. The molecule has 0 aliphatic rings. The summed E-state index contributed by atoms with van der Waals surface area (Å²) < 4.78 is 59.4. The monoisotopic (exact) mass is 354 g/mol. The summed E-state index contributed by atoms with van der Waals surface area (Å²) in [5.41, 5.74) is -4.29. The van der Waals surface area contributed by atoms with Crippen molar-refractivity contribution in [2.45, 2.75) is 5.51 Å². The maximum Gasteiger partial charge on any atom is 0.485 e. The van der Waals surface area contributed by atoms with Gasteiger partial charge in [0.1, 0.15) is 17.3 Å². The number of alkyl halides is 3. The average molecular weight is 354 g/mol. The number of halogens is 3. The standard InChI is InChI=1S/C11H12N2O2.CHF3O3S/c1-13(2,3)10-5-4-8(11(14)15)6-9(10)7-12;2-1(3,4)8(5,6)7/h4-6H,1-3H3;(H,5,6,7). The number of benzene rings is 1. The van der Waals surface area contributed by atoms with Crippen molar-refractivity contribution in [1.29, 1.82) is 5.26 Å². The Labute approximate surface area is 130 Å². The van der Waals surface area contributed by atoms with E-state index < -0.39 is 21.6 Å². The van der Waals surface area contributed by atoms with Crippen LogP contribution in [0.2, 0.25) is 0 Å². The van der Waals surface area contributed by atoms with Crippen molar-refractivity contribution in [3.63, 3.8) is 0 Å². The van der Waals surface area contributed by atoms with Gasteiger partial charge in [-0.15, -0.1) is 0 Å². The Morgan fingerprint density at radius 2 is 1.74 bits per heavy atom. The molecule has 0 spiro atoms. The molecule has 7 nitrogen and oxygen atoms in total. The first kappa shape index (κ1) is 20.8. The molecule has 0 aromatic heterocycles. The first-order valence-corrected chi connectivity index (χ1v) is 7.13. The third kappa shape index (κ3) is 6.23. The number of carbonyl (C=O) groups is 1. The first-order valence-electron chi connectivity index (χ1n) is 5.73. The van der Waals surface area contributed by atoms with Gasteiger partial charge in [-0.1, -0.05) is 0 Å². The van der Waals surface area contributed by atoms with E-state index >= 15 is 0 Å². The Balaban J connectivity index is 0.000000515. The second-order valence-electron chi connectivity index (χ2n) is 5.06. The van der Waals surface area contributed by atoms with Gasteiger partial charge in [0.05, 0.1) is 26.7 Å². The second kappa shape index (κ2) is 6.95. The van der Waals surface area contributed by atoms with Gasteiger partial charge in [-0.2, -0.15) is 18.4 Å². The van der Waals surface area contributed by atoms with Crippen molar-refractivity contribution >= 4 is 21.8 Å². The number of hydrogen-bond donors (Lipinski definition) is 1. The molecule has 0 fully saturated rings. The van der Waals surface area contributed by atoms with E-state index in [4.69, 9.17) is 23.3 Å². The molecule has 0 atom stereocenters. The van der Waals surface area contributed by atoms with Crippen LogP contribution in [0.5, 0.6) is 0 Å². The van der Waals surface area contributed by atoms with Crippen molar-refractivity contribution in [3.05, 3.63) is 29.3 Å². The molecule has 1 aromatic rings. The maximum absolute atomic E-state index is 10.7. The largest absolute Gasteiger partial charge is 0.741 e. The summed E-state index contributed by atoms with van der Waals surface area (Å²) in [5, 5.41) is 17.7. The van der Waals surface area contributed by atoms with Crippen molar-refractivity contribution in [2.24, 2.45) is 0 Å². The molecule has 1 N–H and O–H groups in total. The minimum atomic E-state index is -6.09. The van der Waals surface area contributed by atoms with Gasteiger partial charge < -0.3 is 9.66 Å². The van der Waals surface area contributed by atoms with Gasteiger partial charge in [0.15, 0.2) is 10.1 Å². The zero-order valence-electron chi connectivity index (χ0n) is 12.2. The predicted molar refractivity (Wildman–Crippen MR) is 73.4 cm³/mol. The van der Waals surface area contributed by atoms with Crippen molar-refractivity contribution in [1.82, 2.24) is 4.48 Å². The molecule has 0 heterocycles. The molecular formula is C12H13F3N2O5S. The van der Waals surface area contributed by atoms with Crippen molar-refractivity contribution in [2.75, 3.05) is 21.1 Å². The van der Waals surface area contributed by atoms with E-state index in [0.717, 1.165) is 5.69 Å². The molecule has 1 aromatic carbocycles. The smallest absolute Gasteiger partial charge is 0.485 e. The molecular weight excluding hydrogens is 341 g/mol. The van der Waals surface area contributed by atoms with Crippen molar-refractivity contribution < 1.29 is 36.0 Å². The molecule has 0 bridgehead atoms. The topological polar surface area (TPSA) is 118 Å². The number of carboxylic acids is 1. The molecule has 0 radical (unpaired) electrons. The van der Waals surface area contributed by atoms with Crippen LogP contribution in [0.4, 0.5) is 18.9 Å². The average Bonchev–Trinajstić information content (AvgIpc) is 2.35. The Bertz CT molecular complexity index is 731. The third-order valence-corrected chi connectivity index (χ3v) is 2.94. The molecule has 128 valence electrons. The summed E-state index contributed by atoms with van der Waals surface area (Å²) in [6.07, 6.45) is 0. The maximum atomic E-state index is 10.7. The fourth-order valence-electron chi connectivity index (χ4n) is 1.34. The van der Waals surface area contributed by atoms with Gasteiger partial charge in [-0.25, -0.2) is 13.2 Å². The summed E-state index contributed by atoms with van der Waals surface area (Å²) in [6.45, 7) is 0. The van der Waals surface area contributed by atoms with Gasteiger partial charge >= 0.3 is 11.5 Å². The van der Waals surface area contributed by atoms with Crippen LogP contribution in [-0.4, -0.2) is 50.7 Å². The van der Waals surface area contributed by atoms with Crippen LogP contribution < -0.4 is 4.48 Å². The second-order valence-corrected chi connectivity index (χ2v) is 6.43. The highest BCUT2D eigenvalue weighted by Gasteiger charge is 2.36. The van der Waals surface area contributed by atoms with Gasteiger partial charge in [0.2, 0.25) is 0 Å². The van der Waals surface area contributed by atoms with Crippen LogP contribution in [0, 0.1) is 11.3 Å². The lowest BCUT2D eigenvalue weighted by molar-refractivity contribution is -0.0517. The van der Waals surface area contributed by atoms with E-state index in [2.05, 4.69) is 0 Å². The van der Waals surface area contributed by atoms with Crippen LogP contribution >= 0.6 is 0 Å². The Morgan fingerprint density at radius 3 is 2.00 bits per heavy atom. The lowest BCUT2D eigenvalue weighted by atomic mass is 10.1. The number of carboxylic acid groups (broad SMARTS) is 1. The fraction of sp³-hybridized carbons (Fsp3) is 0.333. The van der Waals surface area contributed by atoms with E-state index in [9.17, 15) is 18.0 Å². The summed E-state index contributed by atoms with van der Waals surface area (Å²) >= 11 is 0. The Hall–Kier alpha value is -2.16. The van der Waals surface area contributed by atoms with E-state index in [1.54, 1.807) is 6.07 Å². The van der Waals surface area contributed by atoms with Gasteiger partial charge in [0, 0.05) is 6.07 Å². The van der Waals surface area contributed by atoms with Gasteiger partial charge in [-0.3, -0.25) is 4.48 Å². The van der Waals surface area contributed by atoms with E-state index in [1.807, 2.05) is 27.2 Å². The molecule has 1 rings (SSSR count). The molecule has 0 saturated heterocycles. The number of aromatic carboxylic acids is 1. The lowest BCUT2D eigenvalue weighted by Crippen LogP contribution is -2.35. The highest BCUT2D eigenvalue weighted by molar-refractivity contribution is 7.86. The van der Waals surface area contributed by atoms with Crippen LogP contribution in [-0.2, 0) is 10.1 Å².